The fraction of sp³-hybridized carbons (Fsp3) is 0.500. The molecule has 2 rings (SSSR count). The molecule has 1 amide bonds. The quantitative estimate of drug-likeness (QED) is 0.892. The minimum atomic E-state index is -0.162. The number of anilines is 1. The Bertz CT molecular complexity index is 431. The number of carbonyl (C=O) groups is 1. The first-order chi connectivity index (χ1) is 9.15. The van der Waals surface area contributed by atoms with Gasteiger partial charge < -0.3 is 15.3 Å². The number of hydrogen-bond acceptors (Lipinski definition) is 3. The number of aliphatic hydroxyl groups is 1. The van der Waals surface area contributed by atoms with E-state index in [0.29, 0.717) is 6.42 Å². The summed E-state index contributed by atoms with van der Waals surface area (Å²) in [6, 6.07) is 7.59. The SMILES string of the molecule is O=C(CCN1CCC(O)CC1)Nc1ccccc1Br. The third kappa shape index (κ3) is 4.60. The van der Waals surface area contributed by atoms with Crippen LogP contribution in [-0.4, -0.2) is 41.7 Å². The van der Waals surface area contributed by atoms with Gasteiger partial charge in [-0.25, -0.2) is 0 Å². The first kappa shape index (κ1) is 14.5. The summed E-state index contributed by atoms with van der Waals surface area (Å²) in [5, 5.41) is 12.3. The van der Waals surface area contributed by atoms with Crippen molar-refractivity contribution in [3.05, 3.63) is 28.7 Å². The van der Waals surface area contributed by atoms with Crippen molar-refractivity contribution < 1.29 is 9.90 Å². The van der Waals surface area contributed by atoms with Crippen molar-refractivity contribution in [2.24, 2.45) is 0 Å². The van der Waals surface area contributed by atoms with E-state index in [2.05, 4.69) is 26.1 Å². The molecule has 0 atom stereocenters. The number of para-hydroxylation sites is 1. The van der Waals surface area contributed by atoms with Crippen LogP contribution in [-0.2, 0) is 4.79 Å². The minimum absolute atomic E-state index is 0.0259. The second-order valence-corrected chi connectivity index (χ2v) is 5.71. The summed E-state index contributed by atoms with van der Waals surface area (Å²) in [7, 11) is 0. The molecule has 0 unspecified atom stereocenters. The van der Waals surface area contributed by atoms with Crippen molar-refractivity contribution in [3.8, 4) is 0 Å². The summed E-state index contributed by atoms with van der Waals surface area (Å²) in [5.74, 6) is 0.0259. The predicted octanol–water partition coefficient (Wildman–Crippen LogP) is 2.23. The number of benzene rings is 1. The van der Waals surface area contributed by atoms with Gasteiger partial charge in [-0.05, 0) is 40.9 Å². The molecule has 0 aliphatic carbocycles. The van der Waals surface area contributed by atoms with E-state index in [-0.39, 0.29) is 12.0 Å². The topological polar surface area (TPSA) is 52.6 Å². The molecule has 1 saturated heterocycles. The standard InChI is InChI=1S/C14H19BrN2O2/c15-12-3-1-2-4-13(12)16-14(19)7-10-17-8-5-11(18)6-9-17/h1-4,11,18H,5-10H2,(H,16,19). The lowest BCUT2D eigenvalue weighted by Crippen LogP contribution is -2.37. The molecule has 0 saturated carbocycles. The highest BCUT2D eigenvalue weighted by Crippen LogP contribution is 2.21. The van der Waals surface area contributed by atoms with E-state index in [1.54, 1.807) is 0 Å². The molecule has 2 N–H and O–H groups in total. The van der Waals surface area contributed by atoms with E-state index >= 15 is 0 Å². The van der Waals surface area contributed by atoms with Crippen LogP contribution in [0.5, 0.6) is 0 Å². The second-order valence-electron chi connectivity index (χ2n) is 4.85. The second kappa shape index (κ2) is 7.03. The number of halogens is 1. The minimum Gasteiger partial charge on any atom is -0.393 e. The third-order valence-electron chi connectivity index (χ3n) is 3.36. The van der Waals surface area contributed by atoms with Gasteiger partial charge in [-0.3, -0.25) is 4.79 Å². The van der Waals surface area contributed by atoms with Gasteiger partial charge in [-0.15, -0.1) is 0 Å². The summed E-state index contributed by atoms with van der Waals surface area (Å²) in [5.41, 5.74) is 0.807. The van der Waals surface area contributed by atoms with E-state index in [1.807, 2.05) is 24.3 Å². The molecule has 1 aliphatic heterocycles. The summed E-state index contributed by atoms with van der Waals surface area (Å²) >= 11 is 3.41. The van der Waals surface area contributed by atoms with E-state index in [9.17, 15) is 9.90 Å². The Morgan fingerprint density at radius 3 is 2.74 bits per heavy atom. The van der Waals surface area contributed by atoms with Crippen LogP contribution >= 0.6 is 15.9 Å². The van der Waals surface area contributed by atoms with Crippen molar-refractivity contribution >= 4 is 27.5 Å². The van der Waals surface area contributed by atoms with Crippen molar-refractivity contribution in [2.45, 2.75) is 25.4 Å². The number of hydrogen-bond donors (Lipinski definition) is 2. The number of likely N-dealkylation sites (tertiary alicyclic amines) is 1. The summed E-state index contributed by atoms with van der Waals surface area (Å²) in [6.45, 7) is 2.51. The lowest BCUT2D eigenvalue weighted by molar-refractivity contribution is -0.116. The highest BCUT2D eigenvalue weighted by atomic mass is 79.9. The molecule has 1 aromatic rings. The van der Waals surface area contributed by atoms with Crippen LogP contribution in [0.2, 0.25) is 0 Å². The number of nitrogens with zero attached hydrogens (tertiary/aromatic N) is 1. The molecular weight excluding hydrogens is 308 g/mol. The fourth-order valence-corrected chi connectivity index (χ4v) is 2.56. The van der Waals surface area contributed by atoms with Crippen LogP contribution in [0, 0.1) is 0 Å². The van der Waals surface area contributed by atoms with Crippen LogP contribution in [0.4, 0.5) is 5.69 Å². The Hall–Kier alpha value is -0.910. The number of nitrogens with one attached hydrogen (secondary N) is 1. The maximum Gasteiger partial charge on any atom is 0.225 e. The lowest BCUT2D eigenvalue weighted by Gasteiger charge is -2.29. The Balaban J connectivity index is 1.74. The molecule has 5 heteroatoms. The first-order valence-electron chi connectivity index (χ1n) is 6.60. The molecule has 1 aliphatic rings. The van der Waals surface area contributed by atoms with Crippen LogP contribution in [0.3, 0.4) is 0 Å². The van der Waals surface area contributed by atoms with Crippen molar-refractivity contribution in [2.75, 3.05) is 25.0 Å². The van der Waals surface area contributed by atoms with Crippen molar-refractivity contribution in [1.29, 1.82) is 0 Å². The maximum atomic E-state index is 11.9. The molecule has 1 aromatic carbocycles. The molecule has 0 spiro atoms. The Kier molecular flexibility index (Phi) is 5.36. The highest BCUT2D eigenvalue weighted by molar-refractivity contribution is 9.10. The number of carbonyl (C=O) groups excluding carboxylic acids is 1. The van der Waals surface area contributed by atoms with E-state index in [0.717, 1.165) is 42.6 Å². The molecule has 1 fully saturated rings. The predicted molar refractivity (Wildman–Crippen MR) is 79.1 cm³/mol. The summed E-state index contributed by atoms with van der Waals surface area (Å²) in [6.07, 6.45) is 1.94. The average Bonchev–Trinajstić information content (AvgIpc) is 2.41. The van der Waals surface area contributed by atoms with Gasteiger partial charge in [0.15, 0.2) is 0 Å². The highest BCUT2D eigenvalue weighted by Gasteiger charge is 2.17. The van der Waals surface area contributed by atoms with Gasteiger partial charge in [0.25, 0.3) is 0 Å². The zero-order chi connectivity index (χ0) is 13.7. The number of aliphatic hydroxyl groups excluding tert-OH is 1. The van der Waals surface area contributed by atoms with Gasteiger partial charge in [-0.1, -0.05) is 12.1 Å². The molecule has 1 heterocycles. The molecule has 4 nitrogen and oxygen atoms in total. The van der Waals surface area contributed by atoms with Gasteiger partial charge in [0.2, 0.25) is 5.91 Å². The van der Waals surface area contributed by atoms with Crippen LogP contribution in [0.15, 0.2) is 28.7 Å². The van der Waals surface area contributed by atoms with Gasteiger partial charge >= 0.3 is 0 Å². The Labute approximate surface area is 121 Å². The number of rotatable bonds is 4. The van der Waals surface area contributed by atoms with Gasteiger partial charge in [0, 0.05) is 30.5 Å². The van der Waals surface area contributed by atoms with E-state index in [4.69, 9.17) is 0 Å². The third-order valence-corrected chi connectivity index (χ3v) is 4.05. The number of amides is 1. The molecule has 0 aromatic heterocycles. The monoisotopic (exact) mass is 326 g/mol. The van der Waals surface area contributed by atoms with E-state index in [1.165, 1.54) is 0 Å². The van der Waals surface area contributed by atoms with Crippen molar-refractivity contribution in [3.63, 3.8) is 0 Å². The maximum absolute atomic E-state index is 11.9. The lowest BCUT2D eigenvalue weighted by atomic mass is 10.1. The number of piperidine rings is 1. The summed E-state index contributed by atoms with van der Waals surface area (Å²) in [4.78, 5) is 14.1. The van der Waals surface area contributed by atoms with Gasteiger partial charge in [-0.2, -0.15) is 0 Å². The van der Waals surface area contributed by atoms with Crippen LogP contribution in [0.1, 0.15) is 19.3 Å². The molecule has 104 valence electrons. The van der Waals surface area contributed by atoms with Crippen LogP contribution < -0.4 is 5.32 Å². The smallest absolute Gasteiger partial charge is 0.225 e. The molecule has 0 radical (unpaired) electrons. The van der Waals surface area contributed by atoms with Crippen molar-refractivity contribution in [1.82, 2.24) is 4.90 Å². The Morgan fingerprint density at radius 1 is 1.37 bits per heavy atom. The molecule has 19 heavy (non-hydrogen) atoms. The van der Waals surface area contributed by atoms with E-state index < -0.39 is 0 Å². The zero-order valence-electron chi connectivity index (χ0n) is 10.8. The first-order valence-corrected chi connectivity index (χ1v) is 7.39. The normalized spacial score (nSPS) is 17.4. The largest absolute Gasteiger partial charge is 0.393 e. The average molecular weight is 327 g/mol. The zero-order valence-corrected chi connectivity index (χ0v) is 12.4. The fourth-order valence-electron chi connectivity index (χ4n) is 2.18. The summed E-state index contributed by atoms with van der Waals surface area (Å²) < 4.78 is 0.893. The van der Waals surface area contributed by atoms with Crippen LogP contribution in [0.25, 0.3) is 0 Å². The Morgan fingerprint density at radius 2 is 2.05 bits per heavy atom. The van der Waals surface area contributed by atoms with Gasteiger partial charge in [0.1, 0.15) is 0 Å². The molecule has 0 bridgehead atoms. The van der Waals surface area contributed by atoms with Gasteiger partial charge in [0.05, 0.1) is 11.8 Å². The molecular formula is C14H19BrN2O2.